The molecule has 1 heterocycles. The van der Waals surface area contributed by atoms with E-state index in [0.29, 0.717) is 0 Å². The van der Waals surface area contributed by atoms with Crippen LogP contribution in [0.25, 0.3) is 0 Å². The van der Waals surface area contributed by atoms with Crippen LogP contribution in [0, 0.1) is 6.92 Å². The molecule has 2 heteroatoms. The summed E-state index contributed by atoms with van der Waals surface area (Å²) in [7, 11) is 0. The third-order valence-electron chi connectivity index (χ3n) is 3.09. The lowest BCUT2D eigenvalue weighted by Crippen LogP contribution is -2.01. The molecule has 0 atom stereocenters. The molecule has 0 aromatic carbocycles. The molecule has 0 radical (unpaired) electrons. The minimum absolute atomic E-state index is 0.772. The van der Waals surface area contributed by atoms with Gasteiger partial charge in [0.15, 0.2) is 0 Å². The van der Waals surface area contributed by atoms with Crippen LogP contribution in [-0.4, -0.2) is 4.98 Å². The lowest BCUT2D eigenvalue weighted by molar-refractivity contribution is 0.454. The van der Waals surface area contributed by atoms with Crippen LogP contribution in [0.4, 0.5) is 0 Å². The summed E-state index contributed by atoms with van der Waals surface area (Å²) in [4.78, 5) is 4.63. The van der Waals surface area contributed by atoms with E-state index in [1.54, 1.807) is 0 Å². The van der Waals surface area contributed by atoms with Gasteiger partial charge in [0.05, 0.1) is 5.01 Å². The minimum atomic E-state index is 0.772. The van der Waals surface area contributed by atoms with Gasteiger partial charge in [-0.15, -0.1) is 11.3 Å². The van der Waals surface area contributed by atoms with Crippen molar-refractivity contribution in [1.82, 2.24) is 4.98 Å². The van der Waals surface area contributed by atoms with Gasteiger partial charge in [-0.25, -0.2) is 4.98 Å². The van der Waals surface area contributed by atoms with E-state index < -0.39 is 0 Å². The molecule has 0 N–H and O–H groups in total. The van der Waals surface area contributed by atoms with E-state index in [-0.39, 0.29) is 0 Å². The average Bonchev–Trinajstić information content (AvgIpc) is 2.51. The van der Waals surface area contributed by atoms with E-state index in [9.17, 15) is 0 Å². The fraction of sp³-hybridized carbons (Fsp3) is 0.750. The molecule has 0 bridgehead atoms. The Morgan fingerprint density at radius 3 is 2.36 bits per heavy atom. The molecule has 0 spiro atoms. The smallest absolute Gasteiger partial charge is 0.0959 e. The lowest BCUT2D eigenvalue weighted by Gasteiger charge is -2.17. The summed E-state index contributed by atoms with van der Waals surface area (Å²) < 4.78 is 0. The van der Waals surface area contributed by atoms with E-state index >= 15 is 0 Å². The normalized spacial score (nSPS) is 20.4. The first-order valence-electron chi connectivity index (χ1n) is 5.78. The Bertz CT molecular complexity index is 272. The van der Waals surface area contributed by atoms with E-state index in [0.717, 1.165) is 5.92 Å². The fourth-order valence-electron chi connectivity index (χ4n) is 2.26. The van der Waals surface area contributed by atoms with Crippen molar-refractivity contribution in [2.24, 2.45) is 0 Å². The van der Waals surface area contributed by atoms with Crippen molar-refractivity contribution in [2.75, 3.05) is 0 Å². The summed E-state index contributed by atoms with van der Waals surface area (Å²) >= 11 is 1.86. The van der Waals surface area contributed by atoms with Gasteiger partial charge >= 0.3 is 0 Å². The molecule has 2 rings (SSSR count). The number of rotatable bonds is 1. The molecule has 1 aliphatic carbocycles. The molecular weight excluding hydrogens is 190 g/mol. The van der Waals surface area contributed by atoms with Crippen LogP contribution in [0.5, 0.6) is 0 Å². The highest BCUT2D eigenvalue weighted by Crippen LogP contribution is 2.32. The lowest BCUT2D eigenvalue weighted by atomic mass is 9.92. The number of thiazole rings is 1. The Morgan fingerprint density at radius 1 is 1.14 bits per heavy atom. The molecule has 1 aliphatic rings. The third-order valence-corrected chi connectivity index (χ3v) is 4.22. The quantitative estimate of drug-likeness (QED) is 0.672. The first-order chi connectivity index (χ1) is 6.86. The summed E-state index contributed by atoms with van der Waals surface area (Å²) in [5.74, 6) is 0.772. The molecule has 0 aliphatic heterocycles. The molecule has 78 valence electrons. The summed E-state index contributed by atoms with van der Waals surface area (Å²) in [5.41, 5.74) is 1.20. The topological polar surface area (TPSA) is 12.9 Å². The summed E-state index contributed by atoms with van der Waals surface area (Å²) in [6, 6.07) is 0. The van der Waals surface area contributed by atoms with Crippen molar-refractivity contribution in [3.05, 3.63) is 16.1 Å². The molecule has 1 aromatic heterocycles. The van der Waals surface area contributed by atoms with Gasteiger partial charge in [0.2, 0.25) is 0 Å². The highest BCUT2D eigenvalue weighted by Gasteiger charge is 2.15. The van der Waals surface area contributed by atoms with Crippen LogP contribution < -0.4 is 0 Å². The first-order valence-corrected chi connectivity index (χ1v) is 6.66. The largest absolute Gasteiger partial charge is 0.246 e. The number of hydrogen-bond donors (Lipinski definition) is 0. The molecule has 1 fully saturated rings. The van der Waals surface area contributed by atoms with Crippen LogP contribution in [0.2, 0.25) is 0 Å². The van der Waals surface area contributed by atoms with Gasteiger partial charge in [0.25, 0.3) is 0 Å². The Hall–Kier alpha value is -0.370. The number of aromatic nitrogens is 1. The van der Waals surface area contributed by atoms with Crippen LogP contribution in [0.1, 0.15) is 61.6 Å². The van der Waals surface area contributed by atoms with Crippen molar-refractivity contribution in [3.63, 3.8) is 0 Å². The highest BCUT2D eigenvalue weighted by atomic mass is 32.1. The van der Waals surface area contributed by atoms with Crippen molar-refractivity contribution < 1.29 is 0 Å². The van der Waals surface area contributed by atoms with Crippen molar-refractivity contribution in [1.29, 1.82) is 0 Å². The molecule has 0 amide bonds. The standard InChI is InChI=1S/C12H19NS/c1-10-9-14-12(13-10)11-7-5-3-2-4-6-8-11/h9,11H,2-8H2,1H3. The van der Waals surface area contributed by atoms with Gasteiger partial charge in [-0.05, 0) is 19.8 Å². The zero-order valence-electron chi connectivity index (χ0n) is 8.96. The maximum absolute atomic E-state index is 4.63. The van der Waals surface area contributed by atoms with Crippen LogP contribution in [-0.2, 0) is 0 Å². The van der Waals surface area contributed by atoms with Crippen LogP contribution >= 0.6 is 11.3 Å². The van der Waals surface area contributed by atoms with Gasteiger partial charge in [-0.2, -0.15) is 0 Å². The van der Waals surface area contributed by atoms with Gasteiger partial charge in [-0.3, -0.25) is 0 Å². The molecule has 1 nitrogen and oxygen atoms in total. The monoisotopic (exact) mass is 209 g/mol. The number of aryl methyl sites for hydroxylation is 1. The van der Waals surface area contributed by atoms with Crippen molar-refractivity contribution >= 4 is 11.3 Å². The van der Waals surface area contributed by atoms with Crippen molar-refractivity contribution in [2.45, 2.75) is 57.8 Å². The van der Waals surface area contributed by atoms with Crippen molar-refractivity contribution in [3.8, 4) is 0 Å². The Morgan fingerprint density at radius 2 is 1.79 bits per heavy atom. The predicted molar refractivity (Wildman–Crippen MR) is 61.9 cm³/mol. The molecule has 0 saturated heterocycles. The Balaban J connectivity index is 2.00. The SMILES string of the molecule is Cc1csc(C2CCCCCCC2)n1. The Kier molecular flexibility index (Phi) is 3.57. The van der Waals surface area contributed by atoms with Crippen LogP contribution in [0.3, 0.4) is 0 Å². The van der Waals surface area contributed by atoms with E-state index in [4.69, 9.17) is 0 Å². The second-order valence-electron chi connectivity index (χ2n) is 4.37. The summed E-state index contributed by atoms with van der Waals surface area (Å²) in [6.45, 7) is 2.10. The maximum Gasteiger partial charge on any atom is 0.0959 e. The molecule has 1 aromatic rings. The fourth-order valence-corrected chi connectivity index (χ4v) is 3.23. The van der Waals surface area contributed by atoms with E-state index in [2.05, 4.69) is 17.3 Å². The second-order valence-corrected chi connectivity index (χ2v) is 5.26. The molecule has 14 heavy (non-hydrogen) atoms. The molecular formula is C12H19NS. The van der Waals surface area contributed by atoms with E-state index in [1.165, 1.54) is 55.6 Å². The predicted octanol–water partition coefficient (Wildman–Crippen LogP) is 4.28. The summed E-state index contributed by atoms with van der Waals surface area (Å²) in [5, 5.41) is 3.58. The first kappa shape index (κ1) is 10.2. The molecule has 1 saturated carbocycles. The summed E-state index contributed by atoms with van der Waals surface area (Å²) in [6.07, 6.45) is 9.86. The number of nitrogens with zero attached hydrogens (tertiary/aromatic N) is 1. The average molecular weight is 209 g/mol. The van der Waals surface area contributed by atoms with Gasteiger partial charge in [0.1, 0.15) is 0 Å². The van der Waals surface area contributed by atoms with Gasteiger partial charge in [0, 0.05) is 17.0 Å². The Labute approximate surface area is 90.6 Å². The third kappa shape index (κ3) is 2.57. The zero-order chi connectivity index (χ0) is 9.80. The van der Waals surface area contributed by atoms with Crippen LogP contribution in [0.15, 0.2) is 5.38 Å². The second kappa shape index (κ2) is 4.92. The minimum Gasteiger partial charge on any atom is -0.246 e. The number of hydrogen-bond acceptors (Lipinski definition) is 2. The van der Waals surface area contributed by atoms with E-state index in [1.807, 2.05) is 11.3 Å². The van der Waals surface area contributed by atoms with Gasteiger partial charge < -0.3 is 0 Å². The molecule has 0 unspecified atom stereocenters. The van der Waals surface area contributed by atoms with Gasteiger partial charge in [-0.1, -0.05) is 32.1 Å². The zero-order valence-corrected chi connectivity index (χ0v) is 9.78. The maximum atomic E-state index is 4.63. The highest BCUT2D eigenvalue weighted by molar-refractivity contribution is 7.09.